The molecule has 2 unspecified atom stereocenters. The Morgan fingerprint density at radius 3 is 2.83 bits per heavy atom. The van der Waals surface area contributed by atoms with Crippen molar-refractivity contribution in [1.29, 1.82) is 0 Å². The maximum Gasteiger partial charge on any atom is 0.123 e. The topological polar surface area (TPSA) is 56.5 Å². The molecule has 100 valence electrons. The first-order chi connectivity index (χ1) is 8.74. The summed E-state index contributed by atoms with van der Waals surface area (Å²) in [4.78, 5) is 0. The molecular weight excluding hydrogens is 228 g/mol. The lowest BCUT2D eigenvalue weighted by molar-refractivity contribution is 0.387. The molecule has 0 amide bonds. The highest BCUT2D eigenvalue weighted by Crippen LogP contribution is 2.32. The van der Waals surface area contributed by atoms with Crippen LogP contribution in [0.4, 0.5) is 0 Å². The van der Waals surface area contributed by atoms with Crippen molar-refractivity contribution in [3.05, 3.63) is 23.8 Å². The third kappa shape index (κ3) is 2.94. The number of hydrogen-bond donors (Lipinski definition) is 2. The van der Waals surface area contributed by atoms with Crippen LogP contribution in [0.3, 0.4) is 0 Å². The van der Waals surface area contributed by atoms with Crippen LogP contribution in [0.5, 0.6) is 11.5 Å². The minimum atomic E-state index is -0.0000463. The summed E-state index contributed by atoms with van der Waals surface area (Å²) >= 11 is 0. The van der Waals surface area contributed by atoms with Crippen molar-refractivity contribution in [3.8, 4) is 11.5 Å². The van der Waals surface area contributed by atoms with Crippen molar-refractivity contribution in [1.82, 2.24) is 5.32 Å². The fourth-order valence-corrected chi connectivity index (χ4v) is 2.53. The lowest BCUT2D eigenvalue weighted by Crippen LogP contribution is -2.18. The Morgan fingerprint density at radius 2 is 2.22 bits per heavy atom. The SMILES string of the molecule is COc1ccc(OC)c(C(N)CC2CCNC2)c1. The monoisotopic (exact) mass is 250 g/mol. The molecule has 1 heterocycles. The van der Waals surface area contributed by atoms with Crippen LogP contribution in [0.25, 0.3) is 0 Å². The minimum Gasteiger partial charge on any atom is -0.497 e. The van der Waals surface area contributed by atoms with Gasteiger partial charge in [0, 0.05) is 11.6 Å². The number of hydrogen-bond acceptors (Lipinski definition) is 4. The number of ether oxygens (including phenoxy) is 2. The van der Waals surface area contributed by atoms with Gasteiger partial charge in [-0.2, -0.15) is 0 Å². The second kappa shape index (κ2) is 6.07. The smallest absolute Gasteiger partial charge is 0.123 e. The first-order valence-corrected chi connectivity index (χ1v) is 6.42. The normalized spacial score (nSPS) is 20.7. The zero-order valence-corrected chi connectivity index (χ0v) is 11.1. The van der Waals surface area contributed by atoms with Gasteiger partial charge in [0.15, 0.2) is 0 Å². The fraction of sp³-hybridized carbons (Fsp3) is 0.571. The van der Waals surface area contributed by atoms with E-state index in [1.807, 2.05) is 18.2 Å². The summed E-state index contributed by atoms with van der Waals surface area (Å²) in [7, 11) is 3.34. The largest absolute Gasteiger partial charge is 0.497 e. The molecule has 1 aliphatic heterocycles. The van der Waals surface area contributed by atoms with Crippen LogP contribution in [-0.4, -0.2) is 27.3 Å². The van der Waals surface area contributed by atoms with Crippen molar-refractivity contribution in [2.45, 2.75) is 18.9 Å². The van der Waals surface area contributed by atoms with E-state index >= 15 is 0 Å². The van der Waals surface area contributed by atoms with E-state index in [9.17, 15) is 0 Å². The number of nitrogens with one attached hydrogen (secondary N) is 1. The average molecular weight is 250 g/mol. The van der Waals surface area contributed by atoms with E-state index in [0.29, 0.717) is 5.92 Å². The Balaban J connectivity index is 2.13. The van der Waals surface area contributed by atoms with Gasteiger partial charge in [-0.05, 0) is 50.0 Å². The standard InChI is InChI=1S/C14H22N2O2/c1-17-11-3-4-14(18-2)12(8-11)13(15)7-10-5-6-16-9-10/h3-4,8,10,13,16H,5-7,9,15H2,1-2H3. The predicted molar refractivity (Wildman–Crippen MR) is 72.1 cm³/mol. The van der Waals surface area contributed by atoms with Gasteiger partial charge in [-0.1, -0.05) is 0 Å². The molecule has 1 saturated heterocycles. The third-order valence-electron chi connectivity index (χ3n) is 3.59. The van der Waals surface area contributed by atoms with E-state index in [0.717, 1.165) is 36.6 Å². The molecule has 0 saturated carbocycles. The highest BCUT2D eigenvalue weighted by Gasteiger charge is 2.21. The van der Waals surface area contributed by atoms with Gasteiger partial charge in [0.25, 0.3) is 0 Å². The number of rotatable bonds is 5. The summed E-state index contributed by atoms with van der Waals surface area (Å²) in [5.74, 6) is 2.33. The fourth-order valence-electron chi connectivity index (χ4n) is 2.53. The van der Waals surface area contributed by atoms with Gasteiger partial charge < -0.3 is 20.5 Å². The van der Waals surface area contributed by atoms with Crippen molar-refractivity contribution in [2.75, 3.05) is 27.3 Å². The summed E-state index contributed by atoms with van der Waals surface area (Å²) in [6.07, 6.45) is 2.19. The highest BCUT2D eigenvalue weighted by molar-refractivity contribution is 5.42. The zero-order valence-electron chi connectivity index (χ0n) is 11.1. The molecule has 4 heteroatoms. The van der Waals surface area contributed by atoms with Crippen LogP contribution in [-0.2, 0) is 0 Å². The van der Waals surface area contributed by atoms with Crippen molar-refractivity contribution >= 4 is 0 Å². The molecule has 2 atom stereocenters. The molecule has 0 bridgehead atoms. The molecule has 0 spiro atoms. The van der Waals surface area contributed by atoms with Crippen molar-refractivity contribution in [2.24, 2.45) is 11.7 Å². The first kappa shape index (κ1) is 13.2. The molecular formula is C14H22N2O2. The van der Waals surface area contributed by atoms with Gasteiger partial charge in [-0.15, -0.1) is 0 Å². The molecule has 1 aliphatic rings. The van der Waals surface area contributed by atoms with E-state index in [-0.39, 0.29) is 6.04 Å². The van der Waals surface area contributed by atoms with E-state index < -0.39 is 0 Å². The molecule has 1 aromatic rings. The molecule has 1 fully saturated rings. The summed E-state index contributed by atoms with van der Waals surface area (Å²) < 4.78 is 10.6. The molecule has 4 nitrogen and oxygen atoms in total. The summed E-state index contributed by atoms with van der Waals surface area (Å²) in [5.41, 5.74) is 7.34. The number of benzene rings is 1. The molecule has 0 aromatic heterocycles. The Labute approximate surface area is 108 Å². The zero-order chi connectivity index (χ0) is 13.0. The van der Waals surface area contributed by atoms with Gasteiger partial charge >= 0.3 is 0 Å². The molecule has 0 aliphatic carbocycles. The van der Waals surface area contributed by atoms with Crippen LogP contribution < -0.4 is 20.5 Å². The minimum absolute atomic E-state index is 0.0000463. The maximum atomic E-state index is 6.31. The van der Waals surface area contributed by atoms with E-state index in [4.69, 9.17) is 15.2 Å². The molecule has 2 rings (SSSR count). The van der Waals surface area contributed by atoms with Gasteiger partial charge in [0.2, 0.25) is 0 Å². The van der Waals surface area contributed by atoms with Crippen LogP contribution in [0.2, 0.25) is 0 Å². The van der Waals surface area contributed by atoms with Crippen LogP contribution >= 0.6 is 0 Å². The van der Waals surface area contributed by atoms with Crippen molar-refractivity contribution < 1.29 is 9.47 Å². The molecule has 18 heavy (non-hydrogen) atoms. The Hall–Kier alpha value is -1.26. The quantitative estimate of drug-likeness (QED) is 0.835. The second-order valence-electron chi connectivity index (χ2n) is 4.81. The van der Waals surface area contributed by atoms with Gasteiger partial charge in [-0.3, -0.25) is 0 Å². The Bertz CT molecular complexity index is 389. The molecule has 3 N–H and O–H groups in total. The average Bonchev–Trinajstić information content (AvgIpc) is 2.90. The van der Waals surface area contributed by atoms with E-state index in [2.05, 4.69) is 5.32 Å². The summed E-state index contributed by atoms with van der Waals surface area (Å²) in [6.45, 7) is 2.17. The number of methoxy groups -OCH3 is 2. The second-order valence-corrected chi connectivity index (χ2v) is 4.81. The highest BCUT2D eigenvalue weighted by atomic mass is 16.5. The Morgan fingerprint density at radius 1 is 1.39 bits per heavy atom. The lowest BCUT2D eigenvalue weighted by atomic mass is 9.94. The van der Waals surface area contributed by atoms with E-state index in [1.54, 1.807) is 14.2 Å². The van der Waals surface area contributed by atoms with Crippen LogP contribution in [0.1, 0.15) is 24.4 Å². The van der Waals surface area contributed by atoms with Gasteiger partial charge in [-0.25, -0.2) is 0 Å². The van der Waals surface area contributed by atoms with Crippen molar-refractivity contribution in [3.63, 3.8) is 0 Å². The number of nitrogens with two attached hydrogens (primary N) is 1. The summed E-state index contributed by atoms with van der Waals surface area (Å²) in [5, 5.41) is 3.37. The van der Waals surface area contributed by atoms with Gasteiger partial charge in [0.1, 0.15) is 11.5 Å². The third-order valence-corrected chi connectivity index (χ3v) is 3.59. The van der Waals surface area contributed by atoms with E-state index in [1.165, 1.54) is 6.42 Å². The van der Waals surface area contributed by atoms with Crippen LogP contribution in [0.15, 0.2) is 18.2 Å². The molecule has 1 aromatic carbocycles. The summed E-state index contributed by atoms with van der Waals surface area (Å²) in [6, 6.07) is 5.79. The molecule has 0 radical (unpaired) electrons. The van der Waals surface area contributed by atoms with Gasteiger partial charge in [0.05, 0.1) is 14.2 Å². The Kier molecular flexibility index (Phi) is 4.44. The maximum absolute atomic E-state index is 6.31. The predicted octanol–water partition coefficient (Wildman–Crippen LogP) is 1.70. The first-order valence-electron chi connectivity index (χ1n) is 6.42. The lowest BCUT2D eigenvalue weighted by Gasteiger charge is -2.19. The van der Waals surface area contributed by atoms with Crippen LogP contribution in [0, 0.1) is 5.92 Å².